The van der Waals surface area contributed by atoms with Gasteiger partial charge in [-0.25, -0.2) is 4.79 Å². The van der Waals surface area contributed by atoms with Crippen LogP contribution >= 0.6 is 0 Å². The van der Waals surface area contributed by atoms with Gasteiger partial charge in [0.1, 0.15) is 12.4 Å². The summed E-state index contributed by atoms with van der Waals surface area (Å²) in [5, 5.41) is 12.2. The maximum absolute atomic E-state index is 10.7. The minimum Gasteiger partial charge on any atom is -0.492 e. The molecule has 1 aliphatic heterocycles. The molecule has 0 aliphatic carbocycles. The molecule has 0 unspecified atom stereocenters. The van der Waals surface area contributed by atoms with Crippen molar-refractivity contribution in [1.29, 1.82) is 0 Å². The fourth-order valence-electron chi connectivity index (χ4n) is 2.19. The maximum Gasteiger partial charge on any atom is 0.335 e. The number of aromatic carboxylic acids is 1. The van der Waals surface area contributed by atoms with E-state index in [0.717, 1.165) is 39.1 Å². The second-order valence-electron chi connectivity index (χ2n) is 4.94. The van der Waals surface area contributed by atoms with Crippen LogP contribution in [-0.4, -0.2) is 44.0 Å². The number of carboxylic acids is 1. The first-order valence-electron chi connectivity index (χ1n) is 7.00. The van der Waals surface area contributed by atoms with E-state index in [1.54, 1.807) is 24.3 Å². The van der Waals surface area contributed by atoms with E-state index in [1.807, 2.05) is 0 Å². The van der Waals surface area contributed by atoms with Gasteiger partial charge in [-0.2, -0.15) is 0 Å². The third-order valence-corrected chi connectivity index (χ3v) is 3.42. The van der Waals surface area contributed by atoms with Gasteiger partial charge in [0.25, 0.3) is 0 Å². The van der Waals surface area contributed by atoms with Crippen LogP contribution in [0.4, 0.5) is 0 Å². The first-order valence-corrected chi connectivity index (χ1v) is 7.00. The molecule has 0 amide bonds. The number of rotatable bonds is 7. The first kappa shape index (κ1) is 14.8. The van der Waals surface area contributed by atoms with Gasteiger partial charge >= 0.3 is 5.97 Å². The molecule has 2 rings (SSSR count). The normalized spacial score (nSPS) is 16.0. The Hall–Kier alpha value is -1.59. The molecular weight excluding hydrogens is 258 g/mol. The highest BCUT2D eigenvalue weighted by Crippen LogP contribution is 2.13. The zero-order chi connectivity index (χ0) is 14.2. The van der Waals surface area contributed by atoms with Gasteiger partial charge in [0.2, 0.25) is 0 Å². The van der Waals surface area contributed by atoms with Crippen molar-refractivity contribution in [2.24, 2.45) is 5.92 Å². The molecule has 5 nitrogen and oxygen atoms in total. The van der Waals surface area contributed by atoms with E-state index >= 15 is 0 Å². The summed E-state index contributed by atoms with van der Waals surface area (Å²) < 4.78 is 10.9. The van der Waals surface area contributed by atoms with Gasteiger partial charge in [-0.05, 0) is 49.6 Å². The fourth-order valence-corrected chi connectivity index (χ4v) is 2.19. The molecule has 0 spiro atoms. The van der Waals surface area contributed by atoms with Gasteiger partial charge in [0, 0.05) is 19.8 Å². The van der Waals surface area contributed by atoms with E-state index in [0.29, 0.717) is 18.3 Å². The molecule has 110 valence electrons. The molecule has 2 N–H and O–H groups in total. The summed E-state index contributed by atoms with van der Waals surface area (Å²) in [6.45, 7) is 4.12. The van der Waals surface area contributed by atoms with Crippen LogP contribution in [0.25, 0.3) is 0 Å². The highest BCUT2D eigenvalue weighted by atomic mass is 16.5. The standard InChI is InChI=1S/C15H21NO4/c17-15(18)13-1-3-14(4-2-13)20-10-7-16-11-12-5-8-19-9-6-12/h1-4,12,16H,5-11H2,(H,17,18). The number of ether oxygens (including phenoxy) is 2. The second-order valence-corrected chi connectivity index (χ2v) is 4.94. The fraction of sp³-hybridized carbons (Fsp3) is 0.533. The van der Waals surface area contributed by atoms with Crippen LogP contribution in [0.15, 0.2) is 24.3 Å². The van der Waals surface area contributed by atoms with E-state index in [9.17, 15) is 4.79 Å². The zero-order valence-corrected chi connectivity index (χ0v) is 11.5. The lowest BCUT2D eigenvalue weighted by molar-refractivity contribution is 0.0661. The van der Waals surface area contributed by atoms with E-state index < -0.39 is 5.97 Å². The van der Waals surface area contributed by atoms with Crippen LogP contribution < -0.4 is 10.1 Å². The highest BCUT2D eigenvalue weighted by Gasteiger charge is 2.12. The minimum atomic E-state index is -0.922. The molecule has 1 saturated heterocycles. The predicted molar refractivity (Wildman–Crippen MR) is 75.3 cm³/mol. The average Bonchev–Trinajstić information content (AvgIpc) is 2.48. The van der Waals surface area contributed by atoms with Crippen molar-refractivity contribution in [1.82, 2.24) is 5.32 Å². The summed E-state index contributed by atoms with van der Waals surface area (Å²) in [7, 11) is 0. The Morgan fingerprint density at radius 2 is 2.00 bits per heavy atom. The molecular formula is C15H21NO4. The third kappa shape index (κ3) is 4.83. The van der Waals surface area contributed by atoms with Crippen LogP contribution in [0.2, 0.25) is 0 Å². The Bertz CT molecular complexity index is 412. The third-order valence-electron chi connectivity index (χ3n) is 3.42. The first-order chi connectivity index (χ1) is 9.75. The van der Waals surface area contributed by atoms with E-state index in [-0.39, 0.29) is 5.56 Å². The maximum atomic E-state index is 10.7. The van der Waals surface area contributed by atoms with Gasteiger partial charge in [-0.3, -0.25) is 0 Å². The molecule has 0 saturated carbocycles. The molecule has 0 radical (unpaired) electrons. The predicted octanol–water partition coefficient (Wildman–Crippen LogP) is 1.78. The zero-order valence-electron chi connectivity index (χ0n) is 11.5. The summed E-state index contributed by atoms with van der Waals surface area (Å²) in [5.41, 5.74) is 0.273. The molecule has 0 atom stereocenters. The van der Waals surface area contributed by atoms with Gasteiger partial charge in [0.15, 0.2) is 0 Å². The molecule has 20 heavy (non-hydrogen) atoms. The van der Waals surface area contributed by atoms with Crippen LogP contribution in [0.3, 0.4) is 0 Å². The number of hydrogen-bond acceptors (Lipinski definition) is 4. The summed E-state index contributed by atoms with van der Waals surface area (Å²) in [6.07, 6.45) is 2.26. The highest BCUT2D eigenvalue weighted by molar-refractivity contribution is 5.87. The van der Waals surface area contributed by atoms with E-state index in [1.165, 1.54) is 0 Å². The van der Waals surface area contributed by atoms with Crippen molar-refractivity contribution in [2.75, 3.05) is 32.9 Å². The van der Waals surface area contributed by atoms with Gasteiger partial charge in [-0.1, -0.05) is 0 Å². The molecule has 1 aliphatic rings. The molecule has 0 bridgehead atoms. The minimum absolute atomic E-state index is 0.273. The Morgan fingerprint density at radius 3 is 2.65 bits per heavy atom. The van der Waals surface area contributed by atoms with Crippen molar-refractivity contribution in [2.45, 2.75) is 12.8 Å². The van der Waals surface area contributed by atoms with Crippen molar-refractivity contribution < 1.29 is 19.4 Å². The van der Waals surface area contributed by atoms with E-state index in [2.05, 4.69) is 5.32 Å². The van der Waals surface area contributed by atoms with Gasteiger partial charge in [-0.15, -0.1) is 0 Å². The summed E-state index contributed by atoms with van der Waals surface area (Å²) >= 11 is 0. The largest absolute Gasteiger partial charge is 0.492 e. The summed E-state index contributed by atoms with van der Waals surface area (Å²) in [6, 6.07) is 6.46. The molecule has 0 aromatic heterocycles. The Morgan fingerprint density at radius 1 is 1.30 bits per heavy atom. The Balaban J connectivity index is 1.59. The lowest BCUT2D eigenvalue weighted by atomic mass is 10.0. The smallest absolute Gasteiger partial charge is 0.335 e. The number of benzene rings is 1. The van der Waals surface area contributed by atoms with Crippen LogP contribution in [-0.2, 0) is 4.74 Å². The molecule has 1 aromatic carbocycles. The van der Waals surface area contributed by atoms with Crippen molar-refractivity contribution in [3.05, 3.63) is 29.8 Å². The SMILES string of the molecule is O=C(O)c1ccc(OCCNCC2CCOCC2)cc1. The van der Waals surface area contributed by atoms with Crippen molar-refractivity contribution in [3.8, 4) is 5.75 Å². The quantitative estimate of drug-likeness (QED) is 0.745. The topological polar surface area (TPSA) is 67.8 Å². The molecule has 5 heteroatoms. The van der Waals surface area contributed by atoms with Crippen LogP contribution in [0, 0.1) is 5.92 Å². The van der Waals surface area contributed by atoms with Gasteiger partial charge in [0.05, 0.1) is 5.56 Å². The average molecular weight is 279 g/mol. The summed E-state index contributed by atoms with van der Waals surface area (Å²) in [5.74, 6) is 0.483. The molecule has 1 fully saturated rings. The van der Waals surface area contributed by atoms with Crippen molar-refractivity contribution >= 4 is 5.97 Å². The Labute approximate surface area is 118 Å². The lowest BCUT2D eigenvalue weighted by Gasteiger charge is -2.22. The van der Waals surface area contributed by atoms with Crippen LogP contribution in [0.5, 0.6) is 5.75 Å². The summed E-state index contributed by atoms with van der Waals surface area (Å²) in [4.78, 5) is 10.7. The van der Waals surface area contributed by atoms with E-state index in [4.69, 9.17) is 14.6 Å². The lowest BCUT2D eigenvalue weighted by Crippen LogP contribution is -2.30. The molecule has 1 aromatic rings. The number of nitrogens with one attached hydrogen (secondary N) is 1. The monoisotopic (exact) mass is 279 g/mol. The second kappa shape index (κ2) is 7.87. The Kier molecular flexibility index (Phi) is 5.83. The van der Waals surface area contributed by atoms with Gasteiger partial charge < -0.3 is 19.9 Å². The van der Waals surface area contributed by atoms with Crippen molar-refractivity contribution in [3.63, 3.8) is 0 Å². The molecule has 1 heterocycles. The number of carboxylic acid groups (broad SMARTS) is 1. The number of hydrogen-bond donors (Lipinski definition) is 2. The number of carbonyl (C=O) groups is 1. The van der Waals surface area contributed by atoms with Crippen LogP contribution in [0.1, 0.15) is 23.2 Å².